The van der Waals surface area contributed by atoms with Gasteiger partial charge in [0.15, 0.2) is 10.6 Å². The Balaban J connectivity index is 1.35. The smallest absolute Gasteiger partial charge is 0.199 e. The SMILES string of the molecule is Fc1ccccc1-c1nn(CN2CCN(c3ccccc3)CC2)c(=S)n1C1CC1. The first-order valence-electron chi connectivity index (χ1n) is 10.2. The van der Waals surface area contributed by atoms with E-state index in [2.05, 4.69) is 34.1 Å². The predicted molar refractivity (Wildman–Crippen MR) is 115 cm³/mol. The van der Waals surface area contributed by atoms with E-state index in [4.69, 9.17) is 17.3 Å². The maximum Gasteiger partial charge on any atom is 0.199 e. The number of anilines is 1. The number of halogens is 1. The second kappa shape index (κ2) is 7.72. The number of aromatic nitrogens is 3. The Morgan fingerprint density at radius 3 is 2.31 bits per heavy atom. The molecular formula is C22H24FN5S. The average molecular weight is 410 g/mol. The zero-order valence-electron chi connectivity index (χ0n) is 16.2. The van der Waals surface area contributed by atoms with Gasteiger partial charge in [-0.3, -0.25) is 9.47 Å². The first kappa shape index (κ1) is 18.5. The standard InChI is InChI=1S/C22H24FN5S/c23-20-9-5-4-8-19(20)21-24-27(22(29)28(21)18-10-11-18)16-25-12-14-26(15-13-25)17-6-2-1-3-7-17/h1-9,18H,10-16H2. The quantitative estimate of drug-likeness (QED) is 0.587. The molecular weight excluding hydrogens is 385 g/mol. The number of piperazine rings is 1. The molecule has 2 aliphatic rings. The van der Waals surface area contributed by atoms with Crippen molar-refractivity contribution < 1.29 is 4.39 Å². The molecule has 29 heavy (non-hydrogen) atoms. The number of hydrogen-bond donors (Lipinski definition) is 0. The first-order chi connectivity index (χ1) is 14.2. The molecule has 0 atom stereocenters. The maximum atomic E-state index is 14.4. The van der Waals surface area contributed by atoms with E-state index in [0.29, 0.717) is 28.9 Å². The van der Waals surface area contributed by atoms with Gasteiger partial charge in [-0.05, 0) is 49.3 Å². The second-order valence-electron chi connectivity index (χ2n) is 7.77. The Morgan fingerprint density at radius 2 is 1.62 bits per heavy atom. The highest BCUT2D eigenvalue weighted by Gasteiger charge is 2.30. The van der Waals surface area contributed by atoms with E-state index in [9.17, 15) is 4.39 Å². The van der Waals surface area contributed by atoms with Crippen LogP contribution in [0.5, 0.6) is 0 Å². The van der Waals surface area contributed by atoms with Gasteiger partial charge >= 0.3 is 0 Å². The number of nitrogens with zero attached hydrogens (tertiary/aromatic N) is 5. The summed E-state index contributed by atoms with van der Waals surface area (Å²) in [6, 6.07) is 17.7. The van der Waals surface area contributed by atoms with Crippen LogP contribution in [0.4, 0.5) is 10.1 Å². The van der Waals surface area contributed by atoms with Gasteiger partial charge in [-0.2, -0.15) is 5.10 Å². The number of benzene rings is 2. The molecule has 7 heteroatoms. The van der Waals surface area contributed by atoms with Crippen LogP contribution in [0.15, 0.2) is 54.6 Å². The van der Waals surface area contributed by atoms with E-state index in [1.807, 2.05) is 21.4 Å². The summed E-state index contributed by atoms with van der Waals surface area (Å²) in [5.74, 6) is 0.400. The van der Waals surface area contributed by atoms with Crippen molar-refractivity contribution in [1.82, 2.24) is 19.2 Å². The van der Waals surface area contributed by atoms with Gasteiger partial charge in [0.05, 0.1) is 12.2 Å². The van der Waals surface area contributed by atoms with Gasteiger partial charge in [0, 0.05) is 37.9 Å². The van der Waals surface area contributed by atoms with E-state index in [-0.39, 0.29) is 5.82 Å². The summed E-state index contributed by atoms with van der Waals surface area (Å²) in [7, 11) is 0. The molecule has 0 spiro atoms. The van der Waals surface area contributed by atoms with Gasteiger partial charge in [0.2, 0.25) is 0 Å². The van der Waals surface area contributed by atoms with Crippen molar-refractivity contribution in [2.75, 3.05) is 31.1 Å². The third-order valence-corrected chi connectivity index (χ3v) is 6.13. The molecule has 5 rings (SSSR count). The average Bonchev–Trinajstić information content (AvgIpc) is 3.54. The van der Waals surface area contributed by atoms with Gasteiger partial charge < -0.3 is 4.90 Å². The lowest BCUT2D eigenvalue weighted by atomic mass is 10.2. The highest BCUT2D eigenvalue weighted by Crippen LogP contribution is 2.39. The van der Waals surface area contributed by atoms with Gasteiger partial charge in [-0.25, -0.2) is 9.07 Å². The lowest BCUT2D eigenvalue weighted by Crippen LogP contribution is -2.47. The van der Waals surface area contributed by atoms with Crippen LogP contribution < -0.4 is 4.90 Å². The van der Waals surface area contributed by atoms with Crippen molar-refractivity contribution in [3.63, 3.8) is 0 Å². The van der Waals surface area contributed by atoms with Crippen molar-refractivity contribution in [1.29, 1.82) is 0 Å². The van der Waals surface area contributed by atoms with Gasteiger partial charge in [-0.15, -0.1) is 0 Å². The molecule has 1 aliphatic carbocycles. The van der Waals surface area contributed by atoms with Crippen LogP contribution in [0.2, 0.25) is 0 Å². The molecule has 3 aromatic rings. The first-order valence-corrected chi connectivity index (χ1v) is 10.6. The molecule has 2 fully saturated rings. The summed E-state index contributed by atoms with van der Waals surface area (Å²) >= 11 is 5.74. The number of hydrogen-bond acceptors (Lipinski definition) is 4. The molecule has 1 saturated heterocycles. The van der Waals surface area contributed by atoms with Crippen LogP contribution in [0.1, 0.15) is 18.9 Å². The van der Waals surface area contributed by atoms with Gasteiger partial charge in [0.25, 0.3) is 0 Å². The summed E-state index contributed by atoms with van der Waals surface area (Å²) in [6.45, 7) is 4.48. The normalized spacial score (nSPS) is 17.6. The van der Waals surface area contributed by atoms with E-state index in [1.165, 1.54) is 11.8 Å². The van der Waals surface area contributed by atoms with E-state index in [0.717, 1.165) is 39.0 Å². The second-order valence-corrected chi connectivity index (χ2v) is 8.13. The fourth-order valence-corrected chi connectivity index (χ4v) is 4.31. The predicted octanol–water partition coefficient (Wildman–Crippen LogP) is 4.33. The molecule has 5 nitrogen and oxygen atoms in total. The van der Waals surface area contributed by atoms with E-state index in [1.54, 1.807) is 12.1 Å². The van der Waals surface area contributed by atoms with Crippen LogP contribution in [-0.4, -0.2) is 45.4 Å². The Bertz CT molecular complexity index is 1050. The van der Waals surface area contributed by atoms with Crippen LogP contribution in [0.3, 0.4) is 0 Å². The Kier molecular flexibility index (Phi) is 4.93. The lowest BCUT2D eigenvalue weighted by molar-refractivity contribution is 0.194. The van der Waals surface area contributed by atoms with E-state index < -0.39 is 0 Å². The summed E-state index contributed by atoms with van der Waals surface area (Å²) in [6.07, 6.45) is 2.16. The van der Waals surface area contributed by atoms with Crippen LogP contribution in [-0.2, 0) is 6.67 Å². The molecule has 0 unspecified atom stereocenters. The van der Waals surface area contributed by atoms with Crippen molar-refractivity contribution >= 4 is 17.9 Å². The molecule has 0 amide bonds. The molecule has 1 saturated carbocycles. The monoisotopic (exact) mass is 409 g/mol. The van der Waals surface area contributed by atoms with E-state index >= 15 is 0 Å². The molecule has 1 aliphatic heterocycles. The summed E-state index contributed by atoms with van der Waals surface area (Å²) < 4.78 is 19.0. The Hall–Kier alpha value is -2.51. The summed E-state index contributed by atoms with van der Waals surface area (Å²) in [5.41, 5.74) is 1.79. The fraction of sp³-hybridized carbons (Fsp3) is 0.364. The van der Waals surface area contributed by atoms with Crippen molar-refractivity contribution in [3.8, 4) is 11.4 Å². The minimum Gasteiger partial charge on any atom is -0.369 e. The van der Waals surface area contributed by atoms with Crippen LogP contribution >= 0.6 is 12.2 Å². The number of rotatable bonds is 5. The third-order valence-electron chi connectivity index (χ3n) is 5.72. The van der Waals surface area contributed by atoms with Crippen molar-refractivity contribution in [2.45, 2.75) is 25.6 Å². The zero-order chi connectivity index (χ0) is 19.8. The zero-order valence-corrected chi connectivity index (χ0v) is 17.1. The summed E-state index contributed by atoms with van der Waals surface area (Å²) in [5, 5.41) is 4.75. The topological polar surface area (TPSA) is 29.2 Å². The molecule has 150 valence electrons. The molecule has 2 heterocycles. The minimum atomic E-state index is -0.252. The Labute approximate surface area is 175 Å². The molecule has 1 aromatic heterocycles. The Morgan fingerprint density at radius 1 is 0.931 bits per heavy atom. The molecule has 0 bridgehead atoms. The molecule has 0 N–H and O–H groups in total. The number of para-hydroxylation sites is 1. The summed E-state index contributed by atoms with van der Waals surface area (Å²) in [4.78, 5) is 4.77. The highest BCUT2D eigenvalue weighted by atomic mass is 32.1. The lowest BCUT2D eigenvalue weighted by Gasteiger charge is -2.35. The largest absolute Gasteiger partial charge is 0.369 e. The van der Waals surface area contributed by atoms with Crippen molar-refractivity contribution in [3.05, 3.63) is 65.2 Å². The van der Waals surface area contributed by atoms with Gasteiger partial charge in [-0.1, -0.05) is 30.3 Å². The van der Waals surface area contributed by atoms with Crippen LogP contribution in [0.25, 0.3) is 11.4 Å². The van der Waals surface area contributed by atoms with Crippen molar-refractivity contribution in [2.24, 2.45) is 0 Å². The molecule has 2 aromatic carbocycles. The van der Waals surface area contributed by atoms with Gasteiger partial charge in [0.1, 0.15) is 5.82 Å². The third kappa shape index (κ3) is 3.72. The molecule has 0 radical (unpaired) electrons. The highest BCUT2D eigenvalue weighted by molar-refractivity contribution is 7.71. The maximum absolute atomic E-state index is 14.4. The fourth-order valence-electron chi connectivity index (χ4n) is 3.98. The minimum absolute atomic E-state index is 0.252. The van der Waals surface area contributed by atoms with Crippen LogP contribution in [0, 0.1) is 10.6 Å².